The molecule has 0 radical (unpaired) electrons. The molecule has 1 N–H and O–H groups in total. The standard InChI is InChI=1S/C12H14O3S/c1-15-12(14)11(8-6-7-8)16-10-5-3-2-4-9(10)13/h2-5,8,11,13H,6-7H2,1H3. The summed E-state index contributed by atoms with van der Waals surface area (Å²) in [6.07, 6.45) is 2.14. The molecule has 0 aromatic heterocycles. The number of phenolic OH excluding ortho intramolecular Hbond substituents is 1. The molecular formula is C12H14O3S. The van der Waals surface area contributed by atoms with E-state index in [1.165, 1.54) is 18.9 Å². The molecule has 1 aromatic rings. The van der Waals surface area contributed by atoms with Crippen molar-refractivity contribution >= 4 is 17.7 Å². The number of carbonyl (C=O) groups excluding carboxylic acids is 1. The average Bonchev–Trinajstić information content (AvgIpc) is 3.11. The SMILES string of the molecule is COC(=O)C(Sc1ccccc1O)C1CC1. The van der Waals surface area contributed by atoms with Gasteiger partial charge in [0.2, 0.25) is 0 Å². The summed E-state index contributed by atoms with van der Waals surface area (Å²) in [5, 5.41) is 9.46. The van der Waals surface area contributed by atoms with Crippen molar-refractivity contribution in [2.75, 3.05) is 7.11 Å². The number of ether oxygens (including phenoxy) is 1. The molecule has 3 nitrogen and oxygen atoms in total. The van der Waals surface area contributed by atoms with Crippen LogP contribution in [0.25, 0.3) is 0 Å². The summed E-state index contributed by atoms with van der Waals surface area (Å²) in [6, 6.07) is 7.06. The maximum Gasteiger partial charge on any atom is 0.319 e. The summed E-state index contributed by atoms with van der Waals surface area (Å²) in [6.45, 7) is 0. The topological polar surface area (TPSA) is 46.5 Å². The van der Waals surface area contributed by atoms with Gasteiger partial charge in [-0.25, -0.2) is 0 Å². The number of phenols is 1. The third kappa shape index (κ3) is 2.50. The molecule has 1 saturated carbocycles. The molecule has 86 valence electrons. The number of hydrogen-bond acceptors (Lipinski definition) is 4. The Morgan fingerprint density at radius 3 is 2.75 bits per heavy atom. The minimum absolute atomic E-state index is 0.182. The molecule has 1 aromatic carbocycles. The second kappa shape index (κ2) is 4.78. The van der Waals surface area contributed by atoms with E-state index in [4.69, 9.17) is 4.74 Å². The Kier molecular flexibility index (Phi) is 3.39. The van der Waals surface area contributed by atoms with Gasteiger partial charge in [-0.1, -0.05) is 12.1 Å². The Morgan fingerprint density at radius 1 is 1.50 bits per heavy atom. The number of para-hydroxylation sites is 1. The fourth-order valence-electron chi connectivity index (χ4n) is 1.55. The van der Waals surface area contributed by atoms with Crippen LogP contribution in [-0.4, -0.2) is 23.4 Å². The summed E-state index contributed by atoms with van der Waals surface area (Å²) in [5.41, 5.74) is 0. The van der Waals surface area contributed by atoms with Crippen LogP contribution >= 0.6 is 11.8 Å². The molecular weight excluding hydrogens is 224 g/mol. The molecule has 0 bridgehead atoms. The normalized spacial score (nSPS) is 16.8. The number of thioether (sulfide) groups is 1. The van der Waals surface area contributed by atoms with Gasteiger partial charge in [-0.15, -0.1) is 11.8 Å². The number of carbonyl (C=O) groups is 1. The highest BCUT2D eigenvalue weighted by Gasteiger charge is 2.38. The summed E-state index contributed by atoms with van der Waals surface area (Å²) >= 11 is 1.39. The van der Waals surface area contributed by atoms with E-state index in [0.717, 1.165) is 17.7 Å². The first-order valence-electron chi connectivity index (χ1n) is 5.25. The molecule has 1 atom stereocenters. The smallest absolute Gasteiger partial charge is 0.319 e. The number of aromatic hydroxyl groups is 1. The number of rotatable bonds is 4. The van der Waals surface area contributed by atoms with Crippen molar-refractivity contribution < 1.29 is 14.6 Å². The molecule has 16 heavy (non-hydrogen) atoms. The highest BCUT2D eigenvalue weighted by Crippen LogP contribution is 2.44. The van der Waals surface area contributed by atoms with Crippen LogP contribution in [0.15, 0.2) is 29.2 Å². The third-order valence-corrected chi connectivity index (χ3v) is 4.03. The Morgan fingerprint density at radius 2 is 2.19 bits per heavy atom. The lowest BCUT2D eigenvalue weighted by Crippen LogP contribution is -2.20. The molecule has 1 fully saturated rings. The van der Waals surface area contributed by atoms with Crippen LogP contribution in [0.3, 0.4) is 0 Å². The van der Waals surface area contributed by atoms with Gasteiger partial charge in [-0.05, 0) is 30.9 Å². The zero-order valence-electron chi connectivity index (χ0n) is 9.05. The zero-order chi connectivity index (χ0) is 11.5. The molecule has 0 spiro atoms. The van der Waals surface area contributed by atoms with Crippen LogP contribution in [0.1, 0.15) is 12.8 Å². The first-order valence-corrected chi connectivity index (χ1v) is 6.13. The quantitative estimate of drug-likeness (QED) is 0.646. The zero-order valence-corrected chi connectivity index (χ0v) is 9.87. The number of benzene rings is 1. The molecule has 0 saturated heterocycles. The van der Waals surface area contributed by atoms with Gasteiger partial charge in [0.05, 0.1) is 7.11 Å². The molecule has 0 aliphatic heterocycles. The van der Waals surface area contributed by atoms with E-state index in [1.807, 2.05) is 12.1 Å². The van der Waals surface area contributed by atoms with Crippen LogP contribution in [0.4, 0.5) is 0 Å². The minimum Gasteiger partial charge on any atom is -0.507 e. The Hall–Kier alpha value is -1.16. The van der Waals surface area contributed by atoms with Crippen molar-refractivity contribution in [3.63, 3.8) is 0 Å². The summed E-state index contributed by atoms with van der Waals surface area (Å²) in [5.74, 6) is 0.426. The number of hydrogen-bond donors (Lipinski definition) is 1. The molecule has 1 aliphatic rings. The van der Waals surface area contributed by atoms with E-state index in [9.17, 15) is 9.90 Å². The third-order valence-electron chi connectivity index (χ3n) is 2.60. The van der Waals surface area contributed by atoms with Gasteiger partial charge in [0.1, 0.15) is 11.0 Å². The van der Waals surface area contributed by atoms with Crippen LogP contribution in [0.5, 0.6) is 5.75 Å². The predicted molar refractivity (Wildman–Crippen MR) is 62.5 cm³/mol. The van der Waals surface area contributed by atoms with Crippen molar-refractivity contribution in [2.45, 2.75) is 23.0 Å². The summed E-state index contributed by atoms with van der Waals surface area (Å²) in [7, 11) is 1.41. The van der Waals surface area contributed by atoms with Gasteiger partial charge in [-0.2, -0.15) is 0 Å². The van der Waals surface area contributed by atoms with Gasteiger partial charge in [0.25, 0.3) is 0 Å². The lowest BCUT2D eigenvalue weighted by atomic mass is 10.3. The maximum absolute atomic E-state index is 11.6. The van der Waals surface area contributed by atoms with Gasteiger partial charge in [-0.3, -0.25) is 4.79 Å². The van der Waals surface area contributed by atoms with Crippen molar-refractivity contribution in [3.05, 3.63) is 24.3 Å². The number of esters is 1. The van der Waals surface area contributed by atoms with Gasteiger partial charge < -0.3 is 9.84 Å². The summed E-state index contributed by atoms with van der Waals surface area (Å²) in [4.78, 5) is 12.3. The first-order chi connectivity index (χ1) is 7.72. The lowest BCUT2D eigenvalue weighted by Gasteiger charge is -2.13. The Labute approximate surface area is 98.8 Å². The van der Waals surface area contributed by atoms with Gasteiger partial charge in [0, 0.05) is 4.90 Å². The van der Waals surface area contributed by atoms with Crippen molar-refractivity contribution in [1.29, 1.82) is 0 Å². The molecule has 2 rings (SSSR count). The molecule has 0 heterocycles. The van der Waals surface area contributed by atoms with Crippen molar-refractivity contribution in [2.24, 2.45) is 5.92 Å². The van der Waals surface area contributed by atoms with Crippen LogP contribution in [0.2, 0.25) is 0 Å². The van der Waals surface area contributed by atoms with Crippen LogP contribution in [-0.2, 0) is 9.53 Å². The van der Waals surface area contributed by atoms with Gasteiger partial charge >= 0.3 is 5.97 Å². The largest absolute Gasteiger partial charge is 0.507 e. The predicted octanol–water partition coefficient (Wildman–Crippen LogP) is 2.44. The monoisotopic (exact) mass is 238 g/mol. The second-order valence-corrected chi connectivity index (χ2v) is 5.05. The van der Waals surface area contributed by atoms with Crippen molar-refractivity contribution in [1.82, 2.24) is 0 Å². The molecule has 4 heteroatoms. The van der Waals surface area contributed by atoms with E-state index in [0.29, 0.717) is 5.92 Å². The van der Waals surface area contributed by atoms with Crippen LogP contribution in [0, 0.1) is 5.92 Å². The fourth-order valence-corrected chi connectivity index (χ4v) is 2.82. The molecule has 0 amide bonds. The Balaban J connectivity index is 2.11. The lowest BCUT2D eigenvalue weighted by molar-refractivity contribution is -0.140. The second-order valence-electron chi connectivity index (χ2n) is 3.87. The molecule has 1 unspecified atom stereocenters. The Bertz CT molecular complexity index is 388. The maximum atomic E-state index is 11.6. The average molecular weight is 238 g/mol. The van der Waals surface area contributed by atoms with Gasteiger partial charge in [0.15, 0.2) is 0 Å². The minimum atomic E-state index is -0.198. The van der Waals surface area contributed by atoms with Crippen molar-refractivity contribution in [3.8, 4) is 5.75 Å². The van der Waals surface area contributed by atoms with E-state index < -0.39 is 0 Å². The van der Waals surface area contributed by atoms with Crippen LogP contribution < -0.4 is 0 Å². The highest BCUT2D eigenvalue weighted by atomic mass is 32.2. The highest BCUT2D eigenvalue weighted by molar-refractivity contribution is 8.00. The summed E-state index contributed by atoms with van der Waals surface area (Å²) < 4.78 is 4.78. The van der Waals surface area contributed by atoms with E-state index >= 15 is 0 Å². The molecule has 1 aliphatic carbocycles. The van der Waals surface area contributed by atoms with E-state index in [2.05, 4.69) is 0 Å². The van der Waals surface area contributed by atoms with E-state index in [1.54, 1.807) is 12.1 Å². The first kappa shape index (κ1) is 11.3. The number of methoxy groups -OCH3 is 1. The van der Waals surface area contributed by atoms with E-state index in [-0.39, 0.29) is 17.0 Å². The fraction of sp³-hybridized carbons (Fsp3) is 0.417.